The first-order chi connectivity index (χ1) is 17.5. The monoisotopic (exact) mass is 492 g/mol. The largest absolute Gasteiger partial charge is 0.452 e. The number of carbonyl (C=O) groups is 3. The molecule has 2 N–H and O–H groups in total. The Hall–Kier alpha value is -4.05. The zero-order valence-corrected chi connectivity index (χ0v) is 19.0. The fourth-order valence-electron chi connectivity index (χ4n) is 3.74. The van der Waals surface area contributed by atoms with Crippen LogP contribution in [-0.2, 0) is 18.9 Å². The van der Waals surface area contributed by atoms with Crippen molar-refractivity contribution >= 4 is 17.9 Å². The summed E-state index contributed by atoms with van der Waals surface area (Å²) in [4.78, 5) is 38.5. The Balaban J connectivity index is 1.66. The topological polar surface area (TPSA) is 129 Å². The van der Waals surface area contributed by atoms with Crippen LogP contribution in [0.1, 0.15) is 31.1 Å². The second-order valence-corrected chi connectivity index (χ2v) is 7.96. The molecule has 1 aliphatic heterocycles. The van der Waals surface area contributed by atoms with Crippen LogP contribution in [0.5, 0.6) is 0 Å². The lowest BCUT2D eigenvalue weighted by molar-refractivity contribution is -0.284. The Morgan fingerprint density at radius 3 is 1.36 bits per heavy atom. The number of rotatable bonds is 7. The molecule has 1 saturated heterocycles. The standard InChI is InChI=1S/C27H24O9/c28-16-20-21(34-24(29)17-10-4-1-5-11-17)22(35-25(30)18-12-6-2-7-13-18)23(27(32)33-20)36-26(31)19-14-8-3-9-15-19/h1-15,20-23,27-28,32H,16H2/t20-,21+,22+,23-,27-/m0/s1. The van der Waals surface area contributed by atoms with E-state index in [1.54, 1.807) is 54.6 Å². The normalized spacial score (nSPS) is 23.3. The number of benzene rings is 3. The molecule has 0 bridgehead atoms. The van der Waals surface area contributed by atoms with E-state index in [1.807, 2.05) is 0 Å². The van der Waals surface area contributed by atoms with Gasteiger partial charge in [0.15, 0.2) is 24.6 Å². The third-order valence-corrected chi connectivity index (χ3v) is 5.55. The van der Waals surface area contributed by atoms with E-state index in [0.29, 0.717) is 0 Å². The van der Waals surface area contributed by atoms with E-state index < -0.39 is 55.2 Å². The Labute approximate surface area is 206 Å². The fraction of sp³-hybridized carbons (Fsp3) is 0.222. The van der Waals surface area contributed by atoms with Gasteiger partial charge < -0.3 is 29.2 Å². The zero-order valence-electron chi connectivity index (χ0n) is 19.0. The lowest BCUT2D eigenvalue weighted by Crippen LogP contribution is -2.62. The molecule has 186 valence electrons. The average Bonchev–Trinajstić information content (AvgIpc) is 2.93. The van der Waals surface area contributed by atoms with Crippen molar-refractivity contribution in [2.75, 3.05) is 6.61 Å². The van der Waals surface area contributed by atoms with Crippen LogP contribution >= 0.6 is 0 Å². The smallest absolute Gasteiger partial charge is 0.338 e. The Bertz CT molecular complexity index is 1170. The van der Waals surface area contributed by atoms with Crippen molar-refractivity contribution in [2.24, 2.45) is 0 Å². The maximum absolute atomic E-state index is 12.9. The molecule has 1 heterocycles. The van der Waals surface area contributed by atoms with Gasteiger partial charge in [-0.1, -0.05) is 54.6 Å². The van der Waals surface area contributed by atoms with Crippen molar-refractivity contribution in [3.8, 4) is 0 Å². The summed E-state index contributed by atoms with van der Waals surface area (Å²) in [6.07, 6.45) is -7.53. The van der Waals surface area contributed by atoms with Crippen LogP contribution in [0.4, 0.5) is 0 Å². The van der Waals surface area contributed by atoms with Gasteiger partial charge >= 0.3 is 17.9 Å². The Morgan fingerprint density at radius 1 is 0.611 bits per heavy atom. The van der Waals surface area contributed by atoms with Gasteiger partial charge in [-0.2, -0.15) is 0 Å². The van der Waals surface area contributed by atoms with Gasteiger partial charge in [-0.15, -0.1) is 0 Å². The first-order valence-corrected chi connectivity index (χ1v) is 11.2. The minimum Gasteiger partial charge on any atom is -0.452 e. The fourth-order valence-corrected chi connectivity index (χ4v) is 3.74. The number of ether oxygens (including phenoxy) is 4. The van der Waals surface area contributed by atoms with Gasteiger partial charge in [0, 0.05) is 0 Å². The molecule has 3 aromatic rings. The highest BCUT2D eigenvalue weighted by Crippen LogP contribution is 2.29. The van der Waals surface area contributed by atoms with Crippen LogP contribution in [-0.4, -0.2) is 65.4 Å². The van der Waals surface area contributed by atoms with Crippen LogP contribution in [0.15, 0.2) is 91.0 Å². The predicted molar refractivity (Wildman–Crippen MR) is 125 cm³/mol. The molecule has 3 aromatic carbocycles. The summed E-state index contributed by atoms with van der Waals surface area (Å²) in [5.41, 5.74) is 0.562. The van der Waals surface area contributed by atoms with Crippen molar-refractivity contribution in [2.45, 2.75) is 30.7 Å². The maximum Gasteiger partial charge on any atom is 0.338 e. The second kappa shape index (κ2) is 11.6. The Morgan fingerprint density at radius 2 is 0.972 bits per heavy atom. The molecular weight excluding hydrogens is 468 g/mol. The molecule has 0 spiro atoms. The van der Waals surface area contributed by atoms with E-state index in [-0.39, 0.29) is 16.7 Å². The van der Waals surface area contributed by atoms with Gasteiger partial charge in [0.2, 0.25) is 0 Å². The number of aliphatic hydroxyl groups excluding tert-OH is 2. The minimum absolute atomic E-state index is 0.181. The van der Waals surface area contributed by atoms with Gasteiger partial charge in [-0.05, 0) is 36.4 Å². The third-order valence-electron chi connectivity index (χ3n) is 5.55. The van der Waals surface area contributed by atoms with Crippen LogP contribution in [0.3, 0.4) is 0 Å². The summed E-state index contributed by atoms with van der Waals surface area (Å²) in [7, 11) is 0. The molecule has 0 saturated carbocycles. The Kier molecular flexibility index (Phi) is 8.06. The first-order valence-electron chi connectivity index (χ1n) is 11.2. The van der Waals surface area contributed by atoms with E-state index >= 15 is 0 Å². The quantitative estimate of drug-likeness (QED) is 0.377. The second-order valence-electron chi connectivity index (χ2n) is 7.96. The zero-order chi connectivity index (χ0) is 25.5. The van der Waals surface area contributed by atoms with Crippen molar-refractivity contribution < 1.29 is 43.5 Å². The van der Waals surface area contributed by atoms with E-state index in [0.717, 1.165) is 0 Å². The molecule has 1 aliphatic rings. The van der Waals surface area contributed by atoms with Crippen LogP contribution in [0, 0.1) is 0 Å². The molecule has 9 heteroatoms. The first kappa shape index (κ1) is 25.1. The van der Waals surface area contributed by atoms with E-state index in [9.17, 15) is 24.6 Å². The van der Waals surface area contributed by atoms with E-state index in [2.05, 4.69) is 0 Å². The summed E-state index contributed by atoms with van der Waals surface area (Å²) >= 11 is 0. The summed E-state index contributed by atoms with van der Waals surface area (Å²) in [5.74, 6) is -2.42. The number of esters is 3. The molecule has 0 aliphatic carbocycles. The third kappa shape index (κ3) is 5.77. The summed E-state index contributed by atoms with van der Waals surface area (Å²) in [6, 6.07) is 24.0. The summed E-state index contributed by atoms with van der Waals surface area (Å²) in [5, 5.41) is 20.5. The van der Waals surface area contributed by atoms with Gasteiger partial charge in [-0.25, -0.2) is 14.4 Å². The predicted octanol–water partition coefficient (Wildman–Crippen LogP) is 2.37. The van der Waals surface area contributed by atoms with Gasteiger partial charge in [-0.3, -0.25) is 0 Å². The maximum atomic E-state index is 12.9. The van der Waals surface area contributed by atoms with Crippen LogP contribution in [0.2, 0.25) is 0 Å². The highest BCUT2D eigenvalue weighted by atomic mass is 16.7. The summed E-state index contributed by atoms with van der Waals surface area (Å²) < 4.78 is 22.1. The summed E-state index contributed by atoms with van der Waals surface area (Å²) in [6.45, 7) is -0.678. The molecule has 0 amide bonds. The van der Waals surface area contributed by atoms with Gasteiger partial charge in [0.25, 0.3) is 0 Å². The molecule has 9 nitrogen and oxygen atoms in total. The van der Waals surface area contributed by atoms with Gasteiger partial charge in [0.1, 0.15) is 6.10 Å². The van der Waals surface area contributed by atoms with E-state index in [4.69, 9.17) is 18.9 Å². The number of hydrogen-bond acceptors (Lipinski definition) is 9. The molecule has 4 rings (SSSR count). The number of aliphatic hydroxyl groups is 2. The van der Waals surface area contributed by atoms with Crippen LogP contribution in [0.25, 0.3) is 0 Å². The molecule has 5 atom stereocenters. The van der Waals surface area contributed by atoms with Crippen LogP contribution < -0.4 is 0 Å². The number of carbonyl (C=O) groups excluding carboxylic acids is 3. The molecule has 1 fully saturated rings. The highest BCUT2D eigenvalue weighted by Gasteiger charge is 2.52. The minimum atomic E-state index is -1.78. The van der Waals surface area contributed by atoms with Crippen molar-refractivity contribution in [1.82, 2.24) is 0 Å². The van der Waals surface area contributed by atoms with Gasteiger partial charge in [0.05, 0.1) is 23.3 Å². The van der Waals surface area contributed by atoms with Crippen molar-refractivity contribution in [3.63, 3.8) is 0 Å². The molecular formula is C27H24O9. The van der Waals surface area contributed by atoms with Crippen molar-refractivity contribution in [3.05, 3.63) is 108 Å². The average molecular weight is 492 g/mol. The lowest BCUT2D eigenvalue weighted by atomic mass is 9.98. The number of hydrogen-bond donors (Lipinski definition) is 2. The molecule has 0 aromatic heterocycles. The molecule has 0 unspecified atom stereocenters. The molecule has 0 radical (unpaired) electrons. The van der Waals surface area contributed by atoms with Crippen molar-refractivity contribution in [1.29, 1.82) is 0 Å². The lowest BCUT2D eigenvalue weighted by Gasteiger charge is -2.42. The SMILES string of the molecule is O=C(O[C@@H]1[C@H](OC(=O)c2ccccc2)[C@H](CO)O[C@H](O)[C@H]1OC(=O)c1ccccc1)c1ccccc1. The van der Waals surface area contributed by atoms with E-state index in [1.165, 1.54) is 36.4 Å². The highest BCUT2D eigenvalue weighted by molar-refractivity contribution is 5.91. The molecule has 36 heavy (non-hydrogen) atoms.